The standard InChI is InChI=1S/C22H25N3O4S/c1-14-10-17-15(13-29-20(17)27)11-16(14)18(26)12-24-7-3-22(4-8-24)5-9-25(21(22)28)19-2-6-23-30-19/h2,6,10-11,18,26H,3-5,7-9,12-13H2,1H3. The van der Waals surface area contributed by atoms with Crippen molar-refractivity contribution in [3.8, 4) is 0 Å². The van der Waals surface area contributed by atoms with E-state index >= 15 is 0 Å². The first-order valence-electron chi connectivity index (χ1n) is 10.4. The number of aromatic nitrogens is 1. The Kier molecular flexibility index (Phi) is 4.88. The highest BCUT2D eigenvalue weighted by Crippen LogP contribution is 2.44. The molecule has 0 bridgehead atoms. The molecule has 30 heavy (non-hydrogen) atoms. The number of esters is 1. The third kappa shape index (κ3) is 3.23. The number of cyclic esters (lactones) is 1. The lowest BCUT2D eigenvalue weighted by molar-refractivity contribution is -0.128. The Bertz CT molecular complexity index is 983. The monoisotopic (exact) mass is 427 g/mol. The number of benzene rings is 1. The molecule has 0 aliphatic carbocycles. The van der Waals surface area contributed by atoms with Gasteiger partial charge in [0.25, 0.3) is 0 Å². The Hall–Kier alpha value is -2.29. The molecule has 1 amide bonds. The predicted octanol–water partition coefficient (Wildman–Crippen LogP) is 2.67. The molecule has 5 rings (SSSR count). The van der Waals surface area contributed by atoms with Crippen LogP contribution in [0.2, 0.25) is 0 Å². The number of aliphatic hydroxyl groups is 1. The number of rotatable bonds is 4. The van der Waals surface area contributed by atoms with E-state index in [0.717, 1.165) is 60.6 Å². The van der Waals surface area contributed by atoms with Gasteiger partial charge in [-0.25, -0.2) is 4.79 Å². The molecule has 1 aromatic heterocycles. The van der Waals surface area contributed by atoms with Crippen LogP contribution in [0, 0.1) is 12.3 Å². The van der Waals surface area contributed by atoms with Gasteiger partial charge in [-0.15, -0.1) is 0 Å². The molecule has 7 nitrogen and oxygen atoms in total. The van der Waals surface area contributed by atoms with Gasteiger partial charge < -0.3 is 19.6 Å². The van der Waals surface area contributed by atoms with Crippen LogP contribution in [0.4, 0.5) is 5.00 Å². The third-order valence-corrected chi connectivity index (χ3v) is 7.65. The zero-order chi connectivity index (χ0) is 20.9. The number of β-amino-alcohol motifs (C(OH)–C–C–N with tert-alkyl or cyclic N) is 1. The van der Waals surface area contributed by atoms with Gasteiger partial charge in [0, 0.05) is 24.8 Å². The summed E-state index contributed by atoms with van der Waals surface area (Å²) >= 11 is 1.37. The summed E-state index contributed by atoms with van der Waals surface area (Å²) in [5.74, 6) is -0.0600. The summed E-state index contributed by atoms with van der Waals surface area (Å²) in [6.07, 6.45) is 3.63. The second kappa shape index (κ2) is 7.44. The first-order valence-corrected chi connectivity index (χ1v) is 11.2. The number of hydrogen-bond donors (Lipinski definition) is 1. The highest BCUT2D eigenvalue weighted by Gasteiger charge is 2.48. The van der Waals surface area contributed by atoms with Crippen molar-refractivity contribution < 1.29 is 19.4 Å². The fourth-order valence-electron chi connectivity index (χ4n) is 5.01. The maximum absolute atomic E-state index is 13.1. The Morgan fingerprint density at radius 3 is 2.73 bits per heavy atom. The SMILES string of the molecule is Cc1cc2c(cc1C(O)CN1CCC3(CC1)CCN(c1ccns1)C3=O)COC2=O. The molecule has 1 unspecified atom stereocenters. The maximum Gasteiger partial charge on any atom is 0.338 e. The van der Waals surface area contributed by atoms with Crippen molar-refractivity contribution in [3.05, 3.63) is 46.6 Å². The molecule has 1 atom stereocenters. The molecule has 3 aliphatic rings. The minimum atomic E-state index is -0.631. The number of piperidine rings is 1. The number of hydrogen-bond acceptors (Lipinski definition) is 7. The number of carbonyl (C=O) groups is 2. The van der Waals surface area contributed by atoms with Crippen molar-refractivity contribution in [2.45, 2.75) is 38.9 Å². The Morgan fingerprint density at radius 2 is 2.00 bits per heavy atom. The number of aryl methyl sites for hydroxylation is 1. The van der Waals surface area contributed by atoms with Crippen LogP contribution in [0.15, 0.2) is 24.4 Å². The minimum absolute atomic E-state index is 0.228. The molecule has 4 heterocycles. The van der Waals surface area contributed by atoms with Gasteiger partial charge in [0.1, 0.15) is 11.6 Å². The van der Waals surface area contributed by atoms with Crippen LogP contribution in [-0.4, -0.2) is 52.4 Å². The van der Waals surface area contributed by atoms with E-state index in [-0.39, 0.29) is 23.9 Å². The van der Waals surface area contributed by atoms with Gasteiger partial charge in [-0.1, -0.05) is 0 Å². The van der Waals surface area contributed by atoms with Gasteiger partial charge in [-0.05, 0) is 80.1 Å². The van der Waals surface area contributed by atoms with Crippen LogP contribution in [-0.2, 0) is 16.1 Å². The first kappa shape index (κ1) is 19.7. The van der Waals surface area contributed by atoms with E-state index in [4.69, 9.17) is 4.74 Å². The van der Waals surface area contributed by atoms with Crippen molar-refractivity contribution in [1.82, 2.24) is 9.27 Å². The molecular formula is C22H25N3O4S. The lowest BCUT2D eigenvalue weighted by Crippen LogP contribution is -2.45. The van der Waals surface area contributed by atoms with E-state index in [1.807, 2.05) is 30.0 Å². The van der Waals surface area contributed by atoms with E-state index in [9.17, 15) is 14.7 Å². The van der Waals surface area contributed by atoms with E-state index in [1.165, 1.54) is 11.5 Å². The number of carbonyl (C=O) groups excluding carboxylic acids is 2. The average molecular weight is 428 g/mol. The summed E-state index contributed by atoms with van der Waals surface area (Å²) in [7, 11) is 0. The van der Waals surface area contributed by atoms with Gasteiger partial charge in [-0.3, -0.25) is 4.79 Å². The second-order valence-corrected chi connectivity index (χ2v) is 9.41. The van der Waals surface area contributed by atoms with Crippen LogP contribution in [0.5, 0.6) is 0 Å². The normalized spacial score (nSPS) is 21.9. The Balaban J connectivity index is 1.23. The summed E-state index contributed by atoms with van der Waals surface area (Å²) in [5, 5.41) is 11.8. The minimum Gasteiger partial charge on any atom is -0.457 e. The summed E-state index contributed by atoms with van der Waals surface area (Å²) in [6.45, 7) is 5.07. The highest BCUT2D eigenvalue weighted by atomic mass is 32.1. The van der Waals surface area contributed by atoms with Crippen molar-refractivity contribution in [2.75, 3.05) is 31.1 Å². The number of nitrogens with zero attached hydrogens (tertiary/aromatic N) is 3. The molecule has 1 spiro atoms. The topological polar surface area (TPSA) is 83.0 Å². The van der Waals surface area contributed by atoms with Crippen LogP contribution in [0.3, 0.4) is 0 Å². The molecule has 158 valence electrons. The molecule has 2 saturated heterocycles. The quantitative estimate of drug-likeness (QED) is 0.756. The second-order valence-electron chi connectivity index (χ2n) is 8.60. The zero-order valence-corrected chi connectivity index (χ0v) is 17.8. The van der Waals surface area contributed by atoms with Gasteiger partial charge in [0.15, 0.2) is 0 Å². The molecule has 0 saturated carbocycles. The molecule has 0 radical (unpaired) electrons. The summed E-state index contributed by atoms with van der Waals surface area (Å²) in [6, 6.07) is 5.63. The highest BCUT2D eigenvalue weighted by molar-refractivity contribution is 7.10. The first-order chi connectivity index (χ1) is 14.5. The number of ether oxygens (including phenoxy) is 1. The van der Waals surface area contributed by atoms with Gasteiger partial charge in [-0.2, -0.15) is 4.37 Å². The maximum atomic E-state index is 13.1. The molecule has 8 heteroatoms. The summed E-state index contributed by atoms with van der Waals surface area (Å²) in [5.41, 5.74) is 2.93. The molecule has 1 N–H and O–H groups in total. The zero-order valence-electron chi connectivity index (χ0n) is 17.0. The molecule has 3 aliphatic heterocycles. The molecule has 2 aromatic rings. The fraction of sp³-hybridized carbons (Fsp3) is 0.500. The number of fused-ring (bicyclic) bond motifs is 1. The molecular weight excluding hydrogens is 402 g/mol. The third-order valence-electron chi connectivity index (χ3n) is 6.88. The number of aliphatic hydroxyl groups excluding tert-OH is 1. The average Bonchev–Trinajstić information content (AvgIpc) is 3.45. The molecule has 1 aromatic carbocycles. The van der Waals surface area contributed by atoms with Crippen LogP contribution in [0.1, 0.15) is 52.4 Å². The fourth-order valence-corrected chi connectivity index (χ4v) is 5.64. The van der Waals surface area contributed by atoms with Crippen LogP contribution < -0.4 is 4.90 Å². The van der Waals surface area contributed by atoms with E-state index in [0.29, 0.717) is 12.1 Å². The van der Waals surface area contributed by atoms with Gasteiger partial charge in [0.2, 0.25) is 5.91 Å². The van der Waals surface area contributed by atoms with Crippen molar-refractivity contribution in [1.29, 1.82) is 0 Å². The summed E-state index contributed by atoms with van der Waals surface area (Å²) < 4.78 is 9.22. The van der Waals surface area contributed by atoms with Crippen molar-refractivity contribution in [2.24, 2.45) is 5.41 Å². The smallest absolute Gasteiger partial charge is 0.338 e. The summed E-state index contributed by atoms with van der Waals surface area (Å²) in [4.78, 5) is 29.0. The lowest BCUT2D eigenvalue weighted by Gasteiger charge is -2.38. The number of amides is 1. The Labute approximate surface area is 179 Å². The van der Waals surface area contributed by atoms with Crippen LogP contribution >= 0.6 is 11.5 Å². The number of anilines is 1. The van der Waals surface area contributed by atoms with E-state index in [1.54, 1.807) is 6.20 Å². The largest absolute Gasteiger partial charge is 0.457 e. The Morgan fingerprint density at radius 1 is 1.23 bits per heavy atom. The van der Waals surface area contributed by atoms with Crippen molar-refractivity contribution >= 4 is 28.4 Å². The molecule has 2 fully saturated rings. The van der Waals surface area contributed by atoms with Gasteiger partial charge in [0.05, 0.1) is 17.1 Å². The lowest BCUT2D eigenvalue weighted by atomic mass is 9.77. The van der Waals surface area contributed by atoms with E-state index < -0.39 is 6.10 Å². The number of likely N-dealkylation sites (tertiary alicyclic amines) is 1. The van der Waals surface area contributed by atoms with Gasteiger partial charge >= 0.3 is 5.97 Å². The predicted molar refractivity (Wildman–Crippen MR) is 112 cm³/mol. The van der Waals surface area contributed by atoms with Crippen LogP contribution in [0.25, 0.3) is 0 Å². The van der Waals surface area contributed by atoms with E-state index in [2.05, 4.69) is 9.27 Å². The van der Waals surface area contributed by atoms with Crippen molar-refractivity contribution in [3.63, 3.8) is 0 Å².